The number of benzene rings is 1. The summed E-state index contributed by atoms with van der Waals surface area (Å²) in [5, 5.41) is 32.1. The van der Waals surface area contributed by atoms with E-state index in [0.29, 0.717) is 11.1 Å². The van der Waals surface area contributed by atoms with E-state index in [4.69, 9.17) is 9.47 Å². The number of hydrogen-bond acceptors (Lipinski definition) is 9. The molecular weight excluding hydrogens is 442 g/mol. The Balaban J connectivity index is 2.45. The van der Waals surface area contributed by atoms with E-state index in [1.807, 2.05) is 6.26 Å². The lowest BCUT2D eigenvalue weighted by molar-refractivity contribution is -0.147. The molecule has 1 aliphatic rings. The Morgan fingerprint density at radius 3 is 2.12 bits per heavy atom. The van der Waals surface area contributed by atoms with Gasteiger partial charge in [0.1, 0.15) is 11.7 Å². The van der Waals surface area contributed by atoms with Crippen LogP contribution in [0.5, 0.6) is 0 Å². The van der Waals surface area contributed by atoms with E-state index in [2.05, 4.69) is 17.1 Å². The average molecular weight is 464 g/mol. The first kappa shape index (κ1) is 23.8. The van der Waals surface area contributed by atoms with Gasteiger partial charge in [-0.1, -0.05) is 12.1 Å². The van der Waals surface area contributed by atoms with Crippen molar-refractivity contribution < 1.29 is 24.2 Å². The van der Waals surface area contributed by atoms with Crippen molar-refractivity contribution in [3.05, 3.63) is 71.3 Å². The minimum atomic E-state index is -1.96. The summed E-state index contributed by atoms with van der Waals surface area (Å²) in [7, 11) is 2.25. The molecule has 1 heterocycles. The first-order valence-electron chi connectivity index (χ1n) is 9.85. The molecule has 1 aromatic carbocycles. The summed E-state index contributed by atoms with van der Waals surface area (Å²) in [6, 6.07) is 14.3. The van der Waals surface area contributed by atoms with Gasteiger partial charge in [-0.2, -0.15) is 10.5 Å². The summed E-state index contributed by atoms with van der Waals surface area (Å²) in [4.78, 5) is 30.6. The SMILES string of the molecule is COC(=O)C1=C(O)[C@H](C(=O)OC)[C@H](c2ccncc2)C(C#N)(C#N)[C@@H]1c1ccc(SC)cc1. The highest BCUT2D eigenvalue weighted by Crippen LogP contribution is 2.58. The number of methoxy groups -OCH3 is 2. The molecule has 8 nitrogen and oxygen atoms in total. The van der Waals surface area contributed by atoms with Gasteiger partial charge in [-0.25, -0.2) is 4.79 Å². The van der Waals surface area contributed by atoms with Gasteiger partial charge in [-0.15, -0.1) is 11.8 Å². The topological polar surface area (TPSA) is 133 Å². The fourth-order valence-electron chi connectivity index (χ4n) is 4.40. The number of aliphatic hydroxyl groups excluding tert-OH is 1. The quantitative estimate of drug-likeness (QED) is 0.522. The van der Waals surface area contributed by atoms with Gasteiger partial charge in [0.25, 0.3) is 0 Å². The van der Waals surface area contributed by atoms with Gasteiger partial charge < -0.3 is 14.6 Å². The third kappa shape index (κ3) is 3.92. The molecular formula is C24H21N3O5S. The van der Waals surface area contributed by atoms with E-state index >= 15 is 0 Å². The van der Waals surface area contributed by atoms with Crippen molar-refractivity contribution in [2.75, 3.05) is 20.5 Å². The molecule has 0 amide bonds. The molecule has 1 aliphatic carbocycles. The first-order chi connectivity index (χ1) is 15.9. The predicted molar refractivity (Wildman–Crippen MR) is 119 cm³/mol. The molecule has 0 saturated carbocycles. The highest BCUT2D eigenvalue weighted by Gasteiger charge is 2.61. The minimum Gasteiger partial charge on any atom is -0.511 e. The zero-order valence-electron chi connectivity index (χ0n) is 18.2. The van der Waals surface area contributed by atoms with Crippen LogP contribution in [0.2, 0.25) is 0 Å². The Kier molecular flexibility index (Phi) is 7.05. The maximum absolute atomic E-state index is 12.9. The monoisotopic (exact) mass is 463 g/mol. The van der Waals surface area contributed by atoms with E-state index < -0.39 is 40.9 Å². The van der Waals surface area contributed by atoms with E-state index in [-0.39, 0.29) is 5.57 Å². The molecule has 1 N–H and O–H groups in total. The van der Waals surface area contributed by atoms with Crippen LogP contribution >= 0.6 is 11.8 Å². The summed E-state index contributed by atoms with van der Waals surface area (Å²) in [5.74, 6) is -6.25. The standard InChI is InChI=1S/C24H21N3O5S/c1-31-22(29)17-19(14-4-6-16(33-3)7-5-14)24(12-25,13-26)20(15-8-10-27-11-9-15)18(21(17)28)23(30)32-2/h4-11,18-20,28H,1-3H3/t18-,19-,20+/m1/s1. The minimum absolute atomic E-state index is 0.321. The van der Waals surface area contributed by atoms with Crippen LogP contribution in [0.15, 0.2) is 65.0 Å². The zero-order valence-corrected chi connectivity index (χ0v) is 19.0. The Morgan fingerprint density at radius 1 is 1.03 bits per heavy atom. The number of esters is 2. The molecule has 0 saturated heterocycles. The zero-order chi connectivity index (χ0) is 24.2. The van der Waals surface area contributed by atoms with Gasteiger partial charge in [0.2, 0.25) is 0 Å². The summed E-state index contributed by atoms with van der Waals surface area (Å²) >= 11 is 1.50. The molecule has 0 spiro atoms. The van der Waals surface area contributed by atoms with Gasteiger partial charge in [0.05, 0.1) is 37.8 Å². The molecule has 168 valence electrons. The normalized spacial score (nSPS) is 21.4. The maximum Gasteiger partial charge on any atom is 0.337 e. The third-order valence-electron chi connectivity index (χ3n) is 5.88. The maximum atomic E-state index is 12.9. The van der Waals surface area contributed by atoms with E-state index in [1.165, 1.54) is 24.2 Å². The lowest BCUT2D eigenvalue weighted by atomic mass is 9.54. The van der Waals surface area contributed by atoms with Gasteiger partial charge in [0, 0.05) is 23.2 Å². The number of nitrogens with zero attached hydrogens (tertiary/aromatic N) is 3. The summed E-state index contributed by atoms with van der Waals surface area (Å²) in [6.07, 6.45) is 4.82. The predicted octanol–water partition coefficient (Wildman–Crippen LogP) is 3.49. The van der Waals surface area contributed by atoms with Crippen LogP contribution in [0, 0.1) is 34.0 Å². The van der Waals surface area contributed by atoms with Crippen molar-refractivity contribution in [2.45, 2.75) is 16.7 Å². The molecule has 0 fully saturated rings. The second-order valence-electron chi connectivity index (χ2n) is 7.35. The Hall–Kier alpha value is -3.82. The van der Waals surface area contributed by atoms with Crippen molar-refractivity contribution in [3.63, 3.8) is 0 Å². The van der Waals surface area contributed by atoms with Crippen LogP contribution in [-0.4, -0.2) is 42.5 Å². The number of carbonyl (C=O) groups excluding carboxylic acids is 2. The first-order valence-corrected chi connectivity index (χ1v) is 11.1. The lowest BCUT2D eigenvalue weighted by Crippen LogP contribution is -2.47. The number of pyridine rings is 1. The van der Waals surface area contributed by atoms with Crippen LogP contribution < -0.4 is 0 Å². The molecule has 9 heteroatoms. The highest BCUT2D eigenvalue weighted by molar-refractivity contribution is 7.98. The van der Waals surface area contributed by atoms with Gasteiger partial charge in [0.15, 0.2) is 5.41 Å². The Labute approximate surface area is 195 Å². The number of carbonyl (C=O) groups is 2. The molecule has 1 aromatic heterocycles. The van der Waals surface area contributed by atoms with Crippen molar-refractivity contribution in [1.29, 1.82) is 10.5 Å². The molecule has 0 aliphatic heterocycles. The van der Waals surface area contributed by atoms with Crippen LogP contribution in [-0.2, 0) is 19.1 Å². The second kappa shape index (κ2) is 9.76. The van der Waals surface area contributed by atoms with E-state index in [0.717, 1.165) is 19.1 Å². The third-order valence-corrected chi connectivity index (χ3v) is 6.63. The Morgan fingerprint density at radius 2 is 1.64 bits per heavy atom. The van der Waals surface area contributed by atoms with Crippen LogP contribution in [0.3, 0.4) is 0 Å². The molecule has 0 radical (unpaired) electrons. The van der Waals surface area contributed by atoms with Crippen LogP contribution in [0.1, 0.15) is 23.0 Å². The number of aliphatic hydroxyl groups is 1. The fourth-order valence-corrected chi connectivity index (χ4v) is 4.80. The number of thioether (sulfide) groups is 1. The largest absolute Gasteiger partial charge is 0.511 e. The molecule has 2 aromatic rings. The summed E-state index contributed by atoms with van der Waals surface area (Å²) < 4.78 is 9.80. The summed E-state index contributed by atoms with van der Waals surface area (Å²) in [5.41, 5.74) is -1.41. The smallest absolute Gasteiger partial charge is 0.337 e. The van der Waals surface area contributed by atoms with Crippen molar-refractivity contribution in [3.8, 4) is 12.1 Å². The van der Waals surface area contributed by atoms with Crippen molar-refractivity contribution >= 4 is 23.7 Å². The van der Waals surface area contributed by atoms with Crippen LogP contribution in [0.25, 0.3) is 0 Å². The lowest BCUT2D eigenvalue weighted by Gasteiger charge is -2.44. The molecule has 0 bridgehead atoms. The van der Waals surface area contributed by atoms with Crippen LogP contribution in [0.4, 0.5) is 0 Å². The van der Waals surface area contributed by atoms with Crippen molar-refractivity contribution in [1.82, 2.24) is 4.98 Å². The van der Waals surface area contributed by atoms with Gasteiger partial charge >= 0.3 is 11.9 Å². The molecule has 0 unspecified atom stereocenters. The van der Waals surface area contributed by atoms with Crippen molar-refractivity contribution in [2.24, 2.45) is 11.3 Å². The number of hydrogen-bond donors (Lipinski definition) is 1. The van der Waals surface area contributed by atoms with E-state index in [1.54, 1.807) is 36.4 Å². The highest BCUT2D eigenvalue weighted by atomic mass is 32.2. The average Bonchev–Trinajstić information content (AvgIpc) is 2.87. The van der Waals surface area contributed by atoms with Gasteiger partial charge in [-0.3, -0.25) is 9.78 Å². The fraction of sp³-hybridized carbons (Fsp3) is 0.292. The molecule has 33 heavy (non-hydrogen) atoms. The summed E-state index contributed by atoms with van der Waals surface area (Å²) in [6.45, 7) is 0. The number of aromatic nitrogens is 1. The molecule has 3 rings (SSSR count). The number of ether oxygens (including phenoxy) is 2. The molecule has 3 atom stereocenters. The number of nitriles is 2. The second-order valence-corrected chi connectivity index (χ2v) is 8.23. The Bertz CT molecular complexity index is 1150. The van der Waals surface area contributed by atoms with E-state index in [9.17, 15) is 25.2 Å². The van der Waals surface area contributed by atoms with Gasteiger partial charge in [-0.05, 0) is 41.6 Å². The number of rotatable bonds is 5.